The molecule has 0 aliphatic carbocycles. The van der Waals surface area contributed by atoms with Gasteiger partial charge in [-0.1, -0.05) is 0 Å². The van der Waals surface area contributed by atoms with Gasteiger partial charge in [-0.05, 0) is 6.07 Å². The van der Waals surface area contributed by atoms with Crippen molar-refractivity contribution < 1.29 is 4.74 Å². The van der Waals surface area contributed by atoms with Gasteiger partial charge in [-0.3, -0.25) is 4.68 Å². The number of pyridine rings is 1. The fraction of sp³-hybridized carbons (Fsp3) is 0.125. The Labute approximate surface area is 80.4 Å². The SMILES string of the molecule is Cn1cnc(Oc2cc(N)ccn2)n1. The number of ether oxygens (including phenoxy) is 1. The van der Waals surface area contributed by atoms with Crippen molar-refractivity contribution in [3.63, 3.8) is 0 Å². The van der Waals surface area contributed by atoms with E-state index >= 15 is 0 Å². The third-order valence-corrected chi connectivity index (χ3v) is 1.53. The molecule has 0 amide bonds. The van der Waals surface area contributed by atoms with Gasteiger partial charge in [0.25, 0.3) is 0 Å². The summed E-state index contributed by atoms with van der Waals surface area (Å²) in [5.74, 6) is 0.385. The van der Waals surface area contributed by atoms with E-state index in [-0.39, 0.29) is 6.01 Å². The van der Waals surface area contributed by atoms with Crippen molar-refractivity contribution in [2.45, 2.75) is 0 Å². The van der Waals surface area contributed by atoms with E-state index in [2.05, 4.69) is 15.1 Å². The number of nitrogen functional groups attached to an aromatic ring is 1. The van der Waals surface area contributed by atoms with Crippen LogP contribution < -0.4 is 10.5 Å². The zero-order valence-electron chi connectivity index (χ0n) is 7.58. The molecular weight excluding hydrogens is 182 g/mol. The van der Waals surface area contributed by atoms with Gasteiger partial charge in [0.2, 0.25) is 5.88 Å². The largest absolute Gasteiger partial charge is 0.404 e. The highest BCUT2D eigenvalue weighted by atomic mass is 16.5. The second-order valence-corrected chi connectivity index (χ2v) is 2.73. The van der Waals surface area contributed by atoms with Gasteiger partial charge in [-0.2, -0.15) is 4.98 Å². The molecule has 0 unspecified atom stereocenters. The van der Waals surface area contributed by atoms with Crippen molar-refractivity contribution in [3.8, 4) is 11.9 Å². The topological polar surface area (TPSA) is 78.9 Å². The Morgan fingerprint density at radius 3 is 2.93 bits per heavy atom. The van der Waals surface area contributed by atoms with E-state index in [9.17, 15) is 0 Å². The number of hydrogen-bond donors (Lipinski definition) is 1. The van der Waals surface area contributed by atoms with Crippen LogP contribution in [-0.4, -0.2) is 19.7 Å². The predicted molar refractivity (Wildman–Crippen MR) is 49.7 cm³/mol. The van der Waals surface area contributed by atoms with E-state index in [0.29, 0.717) is 11.6 Å². The normalized spacial score (nSPS) is 10.1. The molecule has 2 heterocycles. The zero-order valence-corrected chi connectivity index (χ0v) is 7.58. The fourth-order valence-corrected chi connectivity index (χ4v) is 0.940. The maximum Gasteiger partial charge on any atom is 0.342 e. The molecular formula is C8H9N5O. The molecule has 6 nitrogen and oxygen atoms in total. The maximum absolute atomic E-state index is 5.55. The predicted octanol–water partition coefficient (Wildman–Crippen LogP) is 0.585. The van der Waals surface area contributed by atoms with E-state index in [1.165, 1.54) is 0 Å². The van der Waals surface area contributed by atoms with Gasteiger partial charge in [0.05, 0.1) is 0 Å². The summed E-state index contributed by atoms with van der Waals surface area (Å²) in [5.41, 5.74) is 6.14. The van der Waals surface area contributed by atoms with Crippen LogP contribution in [0.1, 0.15) is 0 Å². The molecule has 0 aromatic carbocycles. The second kappa shape index (κ2) is 3.33. The molecule has 2 N–H and O–H groups in total. The third-order valence-electron chi connectivity index (χ3n) is 1.53. The first kappa shape index (κ1) is 8.49. The Kier molecular flexibility index (Phi) is 2.02. The quantitative estimate of drug-likeness (QED) is 0.751. The summed E-state index contributed by atoms with van der Waals surface area (Å²) in [7, 11) is 1.76. The smallest absolute Gasteiger partial charge is 0.342 e. The van der Waals surface area contributed by atoms with Crippen molar-refractivity contribution in [1.29, 1.82) is 0 Å². The number of nitrogens with two attached hydrogens (primary N) is 1. The molecule has 2 aromatic heterocycles. The Morgan fingerprint density at radius 2 is 2.29 bits per heavy atom. The molecule has 0 spiro atoms. The van der Waals surface area contributed by atoms with Crippen LogP contribution in [0.15, 0.2) is 24.7 Å². The molecule has 0 fully saturated rings. The van der Waals surface area contributed by atoms with Crippen LogP contribution in [0.2, 0.25) is 0 Å². The summed E-state index contributed by atoms with van der Waals surface area (Å²) < 4.78 is 6.79. The van der Waals surface area contributed by atoms with E-state index in [1.54, 1.807) is 36.4 Å². The van der Waals surface area contributed by atoms with Crippen LogP contribution in [0.3, 0.4) is 0 Å². The molecule has 0 saturated heterocycles. The first-order chi connectivity index (χ1) is 6.74. The van der Waals surface area contributed by atoms with Gasteiger partial charge < -0.3 is 10.5 Å². The number of aromatic nitrogens is 4. The van der Waals surface area contributed by atoms with Crippen LogP contribution >= 0.6 is 0 Å². The van der Waals surface area contributed by atoms with Crippen molar-refractivity contribution in [2.24, 2.45) is 7.05 Å². The van der Waals surface area contributed by atoms with Crippen LogP contribution in [0.25, 0.3) is 0 Å². The summed E-state index contributed by atoms with van der Waals surface area (Å²) >= 11 is 0. The lowest BCUT2D eigenvalue weighted by Gasteiger charge is -1.99. The van der Waals surface area contributed by atoms with Gasteiger partial charge in [0.15, 0.2) is 0 Å². The first-order valence-electron chi connectivity index (χ1n) is 3.99. The van der Waals surface area contributed by atoms with E-state index in [4.69, 9.17) is 10.5 Å². The summed E-state index contributed by atoms with van der Waals surface area (Å²) in [6, 6.07) is 3.54. The number of anilines is 1. The number of aryl methyl sites for hydroxylation is 1. The Balaban J connectivity index is 2.18. The highest BCUT2D eigenvalue weighted by Crippen LogP contribution is 2.15. The molecule has 6 heteroatoms. The fourth-order valence-electron chi connectivity index (χ4n) is 0.940. The van der Waals surface area contributed by atoms with Crippen molar-refractivity contribution in [2.75, 3.05) is 5.73 Å². The van der Waals surface area contributed by atoms with Crippen LogP contribution in [0.5, 0.6) is 11.9 Å². The Hall–Kier alpha value is -2.11. The first-order valence-corrected chi connectivity index (χ1v) is 3.99. The van der Waals surface area contributed by atoms with E-state index < -0.39 is 0 Å². The standard InChI is InChI=1S/C8H9N5O/c1-13-5-11-8(12-13)14-7-4-6(9)2-3-10-7/h2-5H,1H3,(H2,9,10). The maximum atomic E-state index is 5.55. The van der Waals surface area contributed by atoms with Crippen molar-refractivity contribution >= 4 is 5.69 Å². The summed E-state index contributed by atoms with van der Waals surface area (Å²) in [6.45, 7) is 0. The molecule has 0 aliphatic heterocycles. The van der Waals surface area contributed by atoms with Gasteiger partial charge in [0.1, 0.15) is 6.33 Å². The summed E-state index contributed by atoms with van der Waals surface area (Å²) in [4.78, 5) is 7.84. The molecule has 0 saturated carbocycles. The average Bonchev–Trinajstić information content (AvgIpc) is 2.51. The van der Waals surface area contributed by atoms with E-state index in [0.717, 1.165) is 0 Å². The molecule has 0 bridgehead atoms. The van der Waals surface area contributed by atoms with E-state index in [1.807, 2.05) is 0 Å². The zero-order chi connectivity index (χ0) is 9.97. The van der Waals surface area contributed by atoms with Crippen LogP contribution in [0.4, 0.5) is 5.69 Å². The van der Waals surface area contributed by atoms with Crippen molar-refractivity contribution in [1.82, 2.24) is 19.7 Å². The Bertz CT molecular complexity index is 439. The molecule has 0 aliphatic rings. The number of nitrogens with zero attached hydrogens (tertiary/aromatic N) is 4. The molecule has 2 aromatic rings. The summed E-state index contributed by atoms with van der Waals surface area (Å²) in [5, 5.41) is 3.94. The Morgan fingerprint density at radius 1 is 1.43 bits per heavy atom. The summed E-state index contributed by atoms with van der Waals surface area (Å²) in [6.07, 6.45) is 3.11. The average molecular weight is 191 g/mol. The monoisotopic (exact) mass is 191 g/mol. The highest BCUT2D eigenvalue weighted by molar-refractivity contribution is 5.39. The number of rotatable bonds is 2. The minimum Gasteiger partial charge on any atom is -0.404 e. The molecule has 72 valence electrons. The van der Waals surface area contributed by atoms with Gasteiger partial charge in [0, 0.05) is 25.0 Å². The van der Waals surface area contributed by atoms with Crippen LogP contribution in [-0.2, 0) is 7.05 Å². The van der Waals surface area contributed by atoms with Crippen molar-refractivity contribution in [3.05, 3.63) is 24.7 Å². The molecule has 0 radical (unpaired) electrons. The molecule has 2 rings (SSSR count). The third kappa shape index (κ3) is 1.79. The lowest BCUT2D eigenvalue weighted by atomic mass is 10.4. The minimum atomic E-state index is 0.255. The highest BCUT2D eigenvalue weighted by Gasteiger charge is 2.02. The second-order valence-electron chi connectivity index (χ2n) is 2.73. The van der Waals surface area contributed by atoms with Crippen LogP contribution in [0, 0.1) is 0 Å². The lowest BCUT2D eigenvalue weighted by molar-refractivity contribution is 0.423. The van der Waals surface area contributed by atoms with Gasteiger partial charge >= 0.3 is 6.01 Å². The lowest BCUT2D eigenvalue weighted by Crippen LogP contribution is -1.93. The molecule has 14 heavy (non-hydrogen) atoms. The van der Waals surface area contributed by atoms with Gasteiger partial charge in [-0.25, -0.2) is 4.98 Å². The minimum absolute atomic E-state index is 0.255. The molecule has 0 atom stereocenters. The van der Waals surface area contributed by atoms with Gasteiger partial charge in [-0.15, -0.1) is 5.10 Å². The number of hydrogen-bond acceptors (Lipinski definition) is 5.